The van der Waals surface area contributed by atoms with E-state index < -0.39 is 0 Å². The van der Waals surface area contributed by atoms with Crippen molar-refractivity contribution in [1.82, 2.24) is 20.1 Å². The second-order valence-electron chi connectivity index (χ2n) is 5.58. The zero-order chi connectivity index (χ0) is 14.7. The fraction of sp³-hybridized carbons (Fsp3) is 0.500. The maximum absolute atomic E-state index is 5.83. The van der Waals surface area contributed by atoms with Gasteiger partial charge in [0.1, 0.15) is 11.9 Å². The van der Waals surface area contributed by atoms with E-state index in [4.69, 9.17) is 4.74 Å². The summed E-state index contributed by atoms with van der Waals surface area (Å²) in [5.41, 5.74) is 2.65. The largest absolute Gasteiger partial charge is 0.367 e. The molecule has 0 bridgehead atoms. The Morgan fingerprint density at radius 3 is 3.10 bits per heavy atom. The molecule has 1 aromatic carbocycles. The fourth-order valence-corrected chi connectivity index (χ4v) is 2.68. The minimum atomic E-state index is -0.0277. The van der Waals surface area contributed by atoms with Gasteiger partial charge < -0.3 is 4.74 Å². The van der Waals surface area contributed by atoms with Crippen LogP contribution < -0.4 is 0 Å². The number of nitrogens with one attached hydrogen (secondary N) is 1. The molecular weight excluding hydrogens is 264 g/mol. The topological polar surface area (TPSA) is 54.0 Å². The highest BCUT2D eigenvalue weighted by atomic mass is 16.5. The van der Waals surface area contributed by atoms with E-state index in [0.717, 1.165) is 44.3 Å². The summed E-state index contributed by atoms with van der Waals surface area (Å²) in [6, 6.07) is 8.67. The Bertz CT molecular complexity index is 595. The number of nitrogens with zero attached hydrogens (tertiary/aromatic N) is 3. The second-order valence-corrected chi connectivity index (χ2v) is 5.58. The van der Waals surface area contributed by atoms with Crippen LogP contribution in [0.1, 0.15) is 35.8 Å². The van der Waals surface area contributed by atoms with Gasteiger partial charge in [0.05, 0.1) is 6.61 Å². The molecule has 5 heteroatoms. The Labute approximate surface area is 125 Å². The maximum atomic E-state index is 5.83. The zero-order valence-electron chi connectivity index (χ0n) is 12.7. The molecule has 0 saturated carbocycles. The molecule has 21 heavy (non-hydrogen) atoms. The molecule has 1 aliphatic rings. The molecule has 112 valence electrons. The van der Waals surface area contributed by atoms with Crippen molar-refractivity contribution in [2.45, 2.75) is 32.9 Å². The molecule has 0 radical (unpaired) electrons. The van der Waals surface area contributed by atoms with Gasteiger partial charge in [0.15, 0.2) is 5.82 Å². The third-order valence-electron chi connectivity index (χ3n) is 3.81. The van der Waals surface area contributed by atoms with E-state index in [9.17, 15) is 0 Å². The van der Waals surface area contributed by atoms with Crippen LogP contribution in [0.2, 0.25) is 0 Å². The minimum absolute atomic E-state index is 0.0277. The van der Waals surface area contributed by atoms with E-state index in [0.29, 0.717) is 0 Å². The summed E-state index contributed by atoms with van der Waals surface area (Å²) in [6.45, 7) is 7.67. The smallest absolute Gasteiger partial charge is 0.180 e. The van der Waals surface area contributed by atoms with Gasteiger partial charge >= 0.3 is 0 Å². The van der Waals surface area contributed by atoms with Crippen molar-refractivity contribution < 1.29 is 4.74 Å². The Morgan fingerprint density at radius 1 is 1.43 bits per heavy atom. The number of aryl methyl sites for hydroxylation is 2. The van der Waals surface area contributed by atoms with Crippen molar-refractivity contribution >= 4 is 0 Å². The number of ether oxygens (including phenoxy) is 1. The zero-order valence-corrected chi connectivity index (χ0v) is 12.7. The Kier molecular flexibility index (Phi) is 4.31. The van der Waals surface area contributed by atoms with E-state index in [1.165, 1.54) is 11.1 Å². The molecule has 1 aliphatic heterocycles. The number of morpholine rings is 1. The predicted molar refractivity (Wildman–Crippen MR) is 80.9 cm³/mol. The normalized spacial score (nSPS) is 19.8. The van der Waals surface area contributed by atoms with Gasteiger partial charge in [-0.25, -0.2) is 4.98 Å². The van der Waals surface area contributed by atoms with Gasteiger partial charge in [-0.2, -0.15) is 5.10 Å². The van der Waals surface area contributed by atoms with Crippen LogP contribution in [-0.2, 0) is 17.7 Å². The maximum Gasteiger partial charge on any atom is 0.180 e. The number of aromatic nitrogens is 3. The van der Waals surface area contributed by atoms with Gasteiger partial charge in [-0.15, -0.1) is 0 Å². The van der Waals surface area contributed by atoms with Gasteiger partial charge in [-0.1, -0.05) is 36.8 Å². The average Bonchev–Trinajstić information content (AvgIpc) is 2.96. The number of hydrogen-bond donors (Lipinski definition) is 1. The quantitative estimate of drug-likeness (QED) is 0.936. The SMILES string of the molecule is CCc1nc(C2CN(Cc3cccc(C)c3)CCO2)n[nH]1. The van der Waals surface area contributed by atoms with Crippen LogP contribution in [0.5, 0.6) is 0 Å². The number of rotatable bonds is 4. The average molecular weight is 286 g/mol. The van der Waals surface area contributed by atoms with Crippen LogP contribution in [0.3, 0.4) is 0 Å². The molecule has 2 aromatic rings. The molecule has 1 unspecified atom stereocenters. The molecule has 0 spiro atoms. The molecule has 5 nitrogen and oxygen atoms in total. The number of aromatic amines is 1. The lowest BCUT2D eigenvalue weighted by molar-refractivity contribution is -0.0370. The first-order chi connectivity index (χ1) is 10.2. The minimum Gasteiger partial charge on any atom is -0.367 e. The molecular formula is C16H22N4O. The fourth-order valence-electron chi connectivity index (χ4n) is 2.68. The third kappa shape index (κ3) is 3.49. The van der Waals surface area contributed by atoms with Crippen LogP contribution in [0.15, 0.2) is 24.3 Å². The highest BCUT2D eigenvalue weighted by Gasteiger charge is 2.25. The summed E-state index contributed by atoms with van der Waals surface area (Å²) in [6.07, 6.45) is 0.840. The number of hydrogen-bond acceptors (Lipinski definition) is 4. The molecule has 0 aliphatic carbocycles. The van der Waals surface area contributed by atoms with Gasteiger partial charge in [-0.3, -0.25) is 10.00 Å². The first-order valence-electron chi connectivity index (χ1n) is 7.55. The van der Waals surface area contributed by atoms with Gasteiger partial charge in [0, 0.05) is 26.1 Å². The highest BCUT2D eigenvalue weighted by Crippen LogP contribution is 2.20. The lowest BCUT2D eigenvalue weighted by atomic mass is 10.1. The molecule has 1 fully saturated rings. The van der Waals surface area contributed by atoms with Crippen molar-refractivity contribution in [3.63, 3.8) is 0 Å². The lowest BCUT2D eigenvalue weighted by Gasteiger charge is -2.31. The van der Waals surface area contributed by atoms with Crippen molar-refractivity contribution in [2.75, 3.05) is 19.7 Å². The summed E-state index contributed by atoms with van der Waals surface area (Å²) < 4.78 is 5.83. The second kappa shape index (κ2) is 6.37. The highest BCUT2D eigenvalue weighted by molar-refractivity contribution is 5.22. The summed E-state index contributed by atoms with van der Waals surface area (Å²) >= 11 is 0. The molecule has 0 amide bonds. The molecule has 1 N–H and O–H groups in total. The van der Waals surface area contributed by atoms with Gasteiger partial charge in [0.25, 0.3) is 0 Å². The summed E-state index contributed by atoms with van der Waals surface area (Å²) in [7, 11) is 0. The predicted octanol–water partition coefficient (Wildman–Crippen LogP) is 2.25. The number of benzene rings is 1. The number of H-pyrrole nitrogens is 1. The monoisotopic (exact) mass is 286 g/mol. The van der Waals surface area contributed by atoms with Crippen LogP contribution in [0.25, 0.3) is 0 Å². The van der Waals surface area contributed by atoms with Crippen LogP contribution in [0.4, 0.5) is 0 Å². The van der Waals surface area contributed by atoms with Crippen molar-refractivity contribution in [2.24, 2.45) is 0 Å². The van der Waals surface area contributed by atoms with Crippen molar-refractivity contribution in [3.8, 4) is 0 Å². The standard InChI is InChI=1S/C16H22N4O/c1-3-15-17-16(19-18-15)14-11-20(7-8-21-14)10-13-6-4-5-12(2)9-13/h4-6,9,14H,3,7-8,10-11H2,1-2H3,(H,17,18,19). The summed E-state index contributed by atoms with van der Waals surface area (Å²) in [4.78, 5) is 6.90. The summed E-state index contributed by atoms with van der Waals surface area (Å²) in [5, 5.41) is 7.24. The molecule has 1 aromatic heterocycles. The van der Waals surface area contributed by atoms with Gasteiger partial charge in [0.2, 0.25) is 0 Å². The Balaban J connectivity index is 1.65. The van der Waals surface area contributed by atoms with Crippen molar-refractivity contribution in [3.05, 3.63) is 47.0 Å². The third-order valence-corrected chi connectivity index (χ3v) is 3.81. The van der Waals surface area contributed by atoms with E-state index >= 15 is 0 Å². The molecule has 1 atom stereocenters. The molecule has 1 saturated heterocycles. The van der Waals surface area contributed by atoms with Crippen LogP contribution in [-0.4, -0.2) is 39.8 Å². The van der Waals surface area contributed by atoms with E-state index in [1.807, 2.05) is 0 Å². The van der Waals surface area contributed by atoms with Crippen molar-refractivity contribution in [1.29, 1.82) is 0 Å². The van der Waals surface area contributed by atoms with E-state index in [2.05, 4.69) is 58.2 Å². The first-order valence-corrected chi connectivity index (χ1v) is 7.55. The van der Waals surface area contributed by atoms with E-state index in [1.54, 1.807) is 0 Å². The van der Waals surface area contributed by atoms with E-state index in [-0.39, 0.29) is 6.10 Å². The van der Waals surface area contributed by atoms with Crippen LogP contribution in [0, 0.1) is 6.92 Å². The summed E-state index contributed by atoms with van der Waals surface area (Å²) in [5.74, 6) is 1.70. The Morgan fingerprint density at radius 2 is 2.33 bits per heavy atom. The Hall–Kier alpha value is -1.72. The first kappa shape index (κ1) is 14.2. The molecule has 3 rings (SSSR count). The molecule has 2 heterocycles. The van der Waals surface area contributed by atoms with Crippen LogP contribution >= 0.6 is 0 Å². The lowest BCUT2D eigenvalue weighted by Crippen LogP contribution is -2.38. The van der Waals surface area contributed by atoms with Gasteiger partial charge in [-0.05, 0) is 12.5 Å².